The number of ether oxygens (including phenoxy) is 3. The van der Waals surface area contributed by atoms with Crippen molar-refractivity contribution < 1.29 is 33.7 Å². The summed E-state index contributed by atoms with van der Waals surface area (Å²) in [6.07, 6.45) is 2.59. The number of ketones is 1. The molecule has 0 saturated carbocycles. The van der Waals surface area contributed by atoms with Crippen molar-refractivity contribution in [3.63, 3.8) is 0 Å². The maximum atomic E-state index is 13.5. The summed E-state index contributed by atoms with van der Waals surface area (Å²) in [5.74, 6) is -1.19. The van der Waals surface area contributed by atoms with E-state index in [9.17, 15) is 19.5 Å². The van der Waals surface area contributed by atoms with Crippen LogP contribution in [0.15, 0.2) is 48.0 Å². The number of rotatable bonds is 8. The number of nitrogens with zero attached hydrogens (tertiary/aromatic N) is 2. The zero-order valence-electron chi connectivity index (χ0n) is 22.7. The van der Waals surface area contributed by atoms with Gasteiger partial charge in [0.1, 0.15) is 28.2 Å². The van der Waals surface area contributed by atoms with Gasteiger partial charge >= 0.3 is 11.9 Å². The van der Waals surface area contributed by atoms with Crippen LogP contribution in [0.3, 0.4) is 0 Å². The fraction of sp³-hybridized carbons (Fsp3) is 0.333. The Morgan fingerprint density at radius 1 is 1.20 bits per heavy atom. The van der Waals surface area contributed by atoms with Gasteiger partial charge in [0.05, 0.1) is 31.0 Å². The van der Waals surface area contributed by atoms with E-state index in [-0.39, 0.29) is 27.4 Å². The first-order valence-corrected chi connectivity index (χ1v) is 13.9. The van der Waals surface area contributed by atoms with Gasteiger partial charge in [-0.05, 0) is 61.7 Å². The van der Waals surface area contributed by atoms with Crippen LogP contribution in [0.1, 0.15) is 64.8 Å². The Hall–Kier alpha value is -4.18. The van der Waals surface area contributed by atoms with Crippen molar-refractivity contribution in [2.45, 2.75) is 52.2 Å². The van der Waals surface area contributed by atoms with Crippen LogP contribution in [0.25, 0.3) is 5.76 Å². The van der Waals surface area contributed by atoms with E-state index in [0.29, 0.717) is 35.6 Å². The number of aromatic nitrogens is 1. The number of aryl methyl sites for hydroxylation is 1. The number of esters is 1. The third-order valence-electron chi connectivity index (χ3n) is 6.94. The lowest BCUT2D eigenvalue weighted by Crippen LogP contribution is -2.29. The van der Waals surface area contributed by atoms with Crippen LogP contribution in [0.2, 0.25) is 0 Å². The van der Waals surface area contributed by atoms with E-state index in [2.05, 4.69) is 11.9 Å². The third kappa shape index (κ3) is 4.95. The molecule has 5 rings (SSSR count). The normalized spacial score (nSPS) is 19.4. The molecule has 1 N–H and O–H groups in total. The Labute approximate surface area is 236 Å². The molecule has 0 radical (unpaired) electrons. The monoisotopic (exact) mass is 562 g/mol. The van der Waals surface area contributed by atoms with E-state index in [1.807, 2.05) is 6.92 Å². The van der Waals surface area contributed by atoms with E-state index in [1.165, 1.54) is 12.0 Å². The Kier molecular flexibility index (Phi) is 7.62. The molecule has 1 aromatic heterocycles. The predicted octanol–water partition coefficient (Wildman–Crippen LogP) is 5.37. The van der Waals surface area contributed by atoms with Gasteiger partial charge < -0.3 is 19.3 Å². The van der Waals surface area contributed by atoms with E-state index < -0.39 is 23.7 Å². The first-order valence-electron chi connectivity index (χ1n) is 13.1. The van der Waals surface area contributed by atoms with Crippen molar-refractivity contribution in [3.05, 3.63) is 75.3 Å². The molecule has 2 aromatic carbocycles. The van der Waals surface area contributed by atoms with Crippen molar-refractivity contribution in [2.75, 3.05) is 18.6 Å². The van der Waals surface area contributed by atoms with Gasteiger partial charge in [-0.25, -0.2) is 9.78 Å². The highest BCUT2D eigenvalue weighted by atomic mass is 32.1. The fourth-order valence-corrected chi connectivity index (χ4v) is 5.93. The van der Waals surface area contributed by atoms with Gasteiger partial charge in [-0.2, -0.15) is 0 Å². The second kappa shape index (κ2) is 11.1. The number of aliphatic hydroxyl groups excluding tert-OH is 1. The number of methoxy groups -OCH3 is 1. The smallest absolute Gasteiger partial charge is 0.350 e. The van der Waals surface area contributed by atoms with Gasteiger partial charge in [-0.15, -0.1) is 0 Å². The summed E-state index contributed by atoms with van der Waals surface area (Å²) in [7, 11) is 1.26. The highest BCUT2D eigenvalue weighted by Crippen LogP contribution is 2.44. The minimum Gasteiger partial charge on any atom is -0.507 e. The maximum Gasteiger partial charge on any atom is 0.350 e. The summed E-state index contributed by atoms with van der Waals surface area (Å²) < 4.78 is 16.4. The number of unbranched alkanes of at least 4 members (excludes halogenated alkanes) is 1. The van der Waals surface area contributed by atoms with Crippen LogP contribution in [-0.2, 0) is 20.7 Å². The Bertz CT molecular complexity index is 1510. The van der Waals surface area contributed by atoms with Crippen molar-refractivity contribution in [3.8, 4) is 11.5 Å². The molecule has 3 aromatic rings. The quantitative estimate of drug-likeness (QED) is 0.128. The van der Waals surface area contributed by atoms with Gasteiger partial charge in [0.15, 0.2) is 5.13 Å². The minimum absolute atomic E-state index is 0.00758. The molecule has 1 saturated heterocycles. The Morgan fingerprint density at radius 3 is 2.65 bits per heavy atom. The molecule has 2 atom stereocenters. The van der Waals surface area contributed by atoms with Crippen molar-refractivity contribution >= 4 is 39.9 Å². The van der Waals surface area contributed by atoms with Crippen LogP contribution in [0.5, 0.6) is 11.5 Å². The number of hydrogen-bond acceptors (Lipinski definition) is 9. The number of anilines is 1. The van der Waals surface area contributed by atoms with Gasteiger partial charge in [0.2, 0.25) is 0 Å². The number of amides is 1. The number of hydrogen-bond donors (Lipinski definition) is 1. The average molecular weight is 563 g/mol. The summed E-state index contributed by atoms with van der Waals surface area (Å²) in [5.41, 5.74) is 2.21. The zero-order chi connectivity index (χ0) is 28.6. The first kappa shape index (κ1) is 27.4. The largest absolute Gasteiger partial charge is 0.507 e. The molecule has 2 aliphatic heterocycles. The van der Waals surface area contributed by atoms with Gasteiger partial charge in [0, 0.05) is 12.0 Å². The second-order valence-corrected chi connectivity index (χ2v) is 10.8. The minimum atomic E-state index is -0.982. The lowest BCUT2D eigenvalue weighted by molar-refractivity contribution is -0.132. The lowest BCUT2D eigenvalue weighted by atomic mass is 9.94. The molecule has 9 nitrogen and oxygen atoms in total. The molecule has 2 aliphatic rings. The highest BCUT2D eigenvalue weighted by molar-refractivity contribution is 7.17. The topological polar surface area (TPSA) is 115 Å². The van der Waals surface area contributed by atoms with Crippen molar-refractivity contribution in [1.82, 2.24) is 4.98 Å². The molecule has 208 valence electrons. The first-order chi connectivity index (χ1) is 19.2. The van der Waals surface area contributed by atoms with Gasteiger partial charge in [-0.3, -0.25) is 14.5 Å². The number of benzene rings is 2. The van der Waals surface area contributed by atoms with E-state index in [1.54, 1.807) is 49.4 Å². The number of aliphatic hydroxyl groups is 1. The average Bonchev–Trinajstić information content (AvgIpc) is 3.60. The number of thiazole rings is 1. The molecule has 0 bridgehead atoms. The van der Waals surface area contributed by atoms with Gasteiger partial charge in [-0.1, -0.05) is 36.8 Å². The van der Waals surface area contributed by atoms with E-state index in [4.69, 9.17) is 14.2 Å². The molecular weight excluding hydrogens is 532 g/mol. The fourth-order valence-electron chi connectivity index (χ4n) is 4.92. The molecule has 10 heteroatoms. The predicted molar refractivity (Wildman–Crippen MR) is 150 cm³/mol. The number of carbonyl (C=O) groups excluding carboxylic acids is 3. The van der Waals surface area contributed by atoms with Gasteiger partial charge in [0.25, 0.3) is 5.78 Å². The maximum absolute atomic E-state index is 13.5. The van der Waals surface area contributed by atoms with Crippen LogP contribution >= 0.6 is 11.3 Å². The van der Waals surface area contributed by atoms with Crippen molar-refractivity contribution in [1.29, 1.82) is 0 Å². The van der Waals surface area contributed by atoms with Crippen LogP contribution in [-0.4, -0.2) is 47.6 Å². The summed E-state index contributed by atoms with van der Waals surface area (Å²) in [5, 5.41) is 11.7. The molecule has 1 fully saturated rings. The zero-order valence-corrected chi connectivity index (χ0v) is 23.5. The molecule has 0 aliphatic carbocycles. The van der Waals surface area contributed by atoms with Crippen LogP contribution in [0, 0.1) is 6.92 Å². The molecule has 1 amide bonds. The standard InChI is InChI=1S/C30H30N2O7S/c1-5-6-13-38-21-10-7-18(8-11-21)24-23(25(33)19-9-12-22-20(15-19)14-16(2)39-22)26(34)28(35)32(24)30-31-17(3)27(40-30)29(36)37-4/h7-12,15-16,24,33H,5-6,13-14H2,1-4H3/b25-23+. The van der Waals surface area contributed by atoms with Crippen molar-refractivity contribution in [2.24, 2.45) is 0 Å². The lowest BCUT2D eigenvalue weighted by Gasteiger charge is -2.23. The molecule has 0 spiro atoms. The summed E-state index contributed by atoms with van der Waals surface area (Å²) in [6.45, 7) is 6.24. The number of carbonyl (C=O) groups is 3. The number of Topliss-reactive ketones (excluding diaryl/α,β-unsaturated/α-hetero) is 1. The molecular formula is C30H30N2O7S. The molecule has 2 unspecified atom stereocenters. The SMILES string of the molecule is CCCCOc1ccc(C2/C(=C(\O)c3ccc4c(c3)CC(C)O4)C(=O)C(=O)N2c2nc(C)c(C(=O)OC)s2)cc1. The highest BCUT2D eigenvalue weighted by Gasteiger charge is 2.48. The van der Waals surface area contributed by atoms with Crippen LogP contribution < -0.4 is 14.4 Å². The Balaban J connectivity index is 1.62. The molecule has 3 heterocycles. The number of fused-ring (bicyclic) bond motifs is 1. The second-order valence-electron chi connectivity index (χ2n) is 9.80. The Morgan fingerprint density at radius 2 is 1.95 bits per heavy atom. The van der Waals surface area contributed by atoms with E-state index >= 15 is 0 Å². The summed E-state index contributed by atoms with van der Waals surface area (Å²) in [6, 6.07) is 11.3. The third-order valence-corrected chi connectivity index (χ3v) is 8.08. The summed E-state index contributed by atoms with van der Waals surface area (Å²) in [4.78, 5) is 45.2. The molecule has 40 heavy (non-hydrogen) atoms. The van der Waals surface area contributed by atoms with Crippen LogP contribution in [0.4, 0.5) is 5.13 Å². The summed E-state index contributed by atoms with van der Waals surface area (Å²) >= 11 is 0.958. The van der Waals surface area contributed by atoms with E-state index in [0.717, 1.165) is 35.5 Å².